The van der Waals surface area contributed by atoms with Gasteiger partial charge in [-0.25, -0.2) is 0 Å². The number of hydrogen-bond donors (Lipinski definition) is 0. The molecule has 0 aromatic heterocycles. The van der Waals surface area contributed by atoms with E-state index in [0.717, 1.165) is 13.0 Å². The third kappa shape index (κ3) is 2.81. The third-order valence-electron chi connectivity index (χ3n) is 3.83. The highest BCUT2D eigenvalue weighted by Crippen LogP contribution is 2.36. The second-order valence-electron chi connectivity index (χ2n) is 4.99. The number of alkyl halides is 2. The van der Waals surface area contributed by atoms with Crippen molar-refractivity contribution in [3.63, 3.8) is 0 Å². The van der Waals surface area contributed by atoms with Crippen molar-refractivity contribution in [2.75, 3.05) is 11.4 Å². The first-order valence-electron chi connectivity index (χ1n) is 6.40. The molecule has 0 radical (unpaired) electrons. The molecule has 1 saturated heterocycles. The normalized spacial score (nSPS) is 22.4. The summed E-state index contributed by atoms with van der Waals surface area (Å²) in [7, 11) is 0. The smallest absolute Gasteiger partial charge is 0.387 e. The Balaban J connectivity index is 2.34. The minimum atomic E-state index is -3.08. The van der Waals surface area contributed by atoms with Gasteiger partial charge in [0.05, 0.1) is 4.92 Å². The van der Waals surface area contributed by atoms with E-state index in [2.05, 4.69) is 11.7 Å². The minimum Gasteiger partial charge on any atom is -0.427 e. The largest absolute Gasteiger partial charge is 0.427 e. The summed E-state index contributed by atoms with van der Waals surface area (Å²) in [5, 5.41) is 10.8. The molecule has 1 aromatic carbocycles. The molecule has 0 N–H and O–H groups in total. The standard InChI is InChI=1S/C13H16F2N2O3/c1-8-5-6-16(9(8)2)10-3-4-11(17(18)19)12(7-10)20-13(14)15/h3-4,7-9,13H,5-6H2,1-2H3. The highest BCUT2D eigenvalue weighted by Gasteiger charge is 2.29. The highest BCUT2D eigenvalue weighted by molar-refractivity contribution is 5.60. The van der Waals surface area contributed by atoms with E-state index in [0.29, 0.717) is 11.6 Å². The first-order valence-corrected chi connectivity index (χ1v) is 6.40. The fourth-order valence-corrected chi connectivity index (χ4v) is 2.48. The Morgan fingerprint density at radius 1 is 1.45 bits per heavy atom. The molecule has 2 rings (SSSR count). The van der Waals surface area contributed by atoms with Crippen molar-refractivity contribution in [2.45, 2.75) is 32.9 Å². The maximum absolute atomic E-state index is 12.4. The molecule has 1 fully saturated rings. The van der Waals surface area contributed by atoms with Crippen LogP contribution in [0.15, 0.2) is 18.2 Å². The van der Waals surface area contributed by atoms with Gasteiger partial charge < -0.3 is 9.64 Å². The van der Waals surface area contributed by atoms with Gasteiger partial charge in [-0.05, 0) is 25.3 Å². The fraction of sp³-hybridized carbons (Fsp3) is 0.538. The van der Waals surface area contributed by atoms with Crippen LogP contribution in [0.25, 0.3) is 0 Å². The van der Waals surface area contributed by atoms with Crippen LogP contribution in [-0.4, -0.2) is 24.1 Å². The average molecular weight is 286 g/mol. The Hall–Kier alpha value is -1.92. The maximum atomic E-state index is 12.4. The van der Waals surface area contributed by atoms with E-state index in [4.69, 9.17) is 0 Å². The number of hydrogen-bond acceptors (Lipinski definition) is 4. The molecule has 1 heterocycles. The average Bonchev–Trinajstić information content (AvgIpc) is 2.69. The van der Waals surface area contributed by atoms with Gasteiger partial charge in [0, 0.05) is 30.4 Å². The lowest BCUT2D eigenvalue weighted by Crippen LogP contribution is -2.29. The zero-order valence-electron chi connectivity index (χ0n) is 11.3. The molecule has 20 heavy (non-hydrogen) atoms. The number of ether oxygens (including phenoxy) is 1. The number of nitro groups is 1. The Morgan fingerprint density at radius 3 is 2.65 bits per heavy atom. The van der Waals surface area contributed by atoms with Crippen LogP contribution < -0.4 is 9.64 Å². The number of anilines is 1. The quantitative estimate of drug-likeness (QED) is 0.628. The molecular formula is C13H16F2N2O3. The lowest BCUT2D eigenvalue weighted by molar-refractivity contribution is -0.386. The Labute approximate surface area is 115 Å². The molecule has 7 heteroatoms. The highest BCUT2D eigenvalue weighted by atomic mass is 19.3. The van der Waals surface area contributed by atoms with E-state index in [1.165, 1.54) is 12.1 Å². The van der Waals surface area contributed by atoms with E-state index < -0.39 is 23.0 Å². The summed E-state index contributed by atoms with van der Waals surface area (Å²) in [4.78, 5) is 12.1. The number of nitro benzene ring substituents is 1. The van der Waals surface area contributed by atoms with Gasteiger partial charge in [0.1, 0.15) is 0 Å². The van der Waals surface area contributed by atoms with E-state index >= 15 is 0 Å². The lowest BCUT2D eigenvalue weighted by atomic mass is 10.1. The van der Waals surface area contributed by atoms with Gasteiger partial charge in [-0.1, -0.05) is 6.92 Å². The second-order valence-corrected chi connectivity index (χ2v) is 4.99. The number of halogens is 2. The number of benzene rings is 1. The van der Waals surface area contributed by atoms with Gasteiger partial charge in [0.25, 0.3) is 0 Å². The monoisotopic (exact) mass is 286 g/mol. The van der Waals surface area contributed by atoms with Crippen molar-refractivity contribution < 1.29 is 18.4 Å². The molecule has 0 amide bonds. The van der Waals surface area contributed by atoms with Crippen molar-refractivity contribution in [2.24, 2.45) is 5.92 Å². The van der Waals surface area contributed by atoms with Crippen LogP contribution >= 0.6 is 0 Å². The lowest BCUT2D eigenvalue weighted by Gasteiger charge is -2.25. The summed E-state index contributed by atoms with van der Waals surface area (Å²) < 4.78 is 29.0. The maximum Gasteiger partial charge on any atom is 0.387 e. The van der Waals surface area contributed by atoms with Crippen LogP contribution in [0, 0.1) is 16.0 Å². The molecule has 0 aliphatic carbocycles. The van der Waals surface area contributed by atoms with E-state index in [-0.39, 0.29) is 6.04 Å². The van der Waals surface area contributed by atoms with Crippen molar-refractivity contribution in [3.8, 4) is 5.75 Å². The summed E-state index contributed by atoms with van der Waals surface area (Å²) in [5.74, 6) is 0.0962. The van der Waals surface area contributed by atoms with Crippen LogP contribution in [0.5, 0.6) is 5.75 Å². The molecule has 0 bridgehead atoms. The van der Waals surface area contributed by atoms with Crippen molar-refractivity contribution in [1.29, 1.82) is 0 Å². The number of rotatable bonds is 4. The van der Waals surface area contributed by atoms with Crippen molar-refractivity contribution >= 4 is 11.4 Å². The van der Waals surface area contributed by atoms with Gasteiger partial charge >= 0.3 is 12.3 Å². The minimum absolute atomic E-state index is 0.260. The molecule has 0 spiro atoms. The van der Waals surface area contributed by atoms with Gasteiger partial charge in [0.2, 0.25) is 5.75 Å². The van der Waals surface area contributed by atoms with Crippen LogP contribution in [-0.2, 0) is 0 Å². The molecule has 110 valence electrons. The summed E-state index contributed by atoms with van der Waals surface area (Å²) in [6.07, 6.45) is 1.00. The Kier molecular flexibility index (Phi) is 4.06. The molecular weight excluding hydrogens is 270 g/mol. The third-order valence-corrected chi connectivity index (χ3v) is 3.83. The molecule has 2 unspecified atom stereocenters. The van der Waals surface area contributed by atoms with Crippen LogP contribution in [0.3, 0.4) is 0 Å². The fourth-order valence-electron chi connectivity index (χ4n) is 2.48. The van der Waals surface area contributed by atoms with Crippen molar-refractivity contribution in [3.05, 3.63) is 28.3 Å². The topological polar surface area (TPSA) is 55.6 Å². The first kappa shape index (κ1) is 14.5. The number of nitrogens with zero attached hydrogens (tertiary/aromatic N) is 2. The summed E-state index contributed by atoms with van der Waals surface area (Å²) in [6.45, 7) is 1.88. The molecule has 0 saturated carbocycles. The van der Waals surface area contributed by atoms with E-state index in [1.54, 1.807) is 6.07 Å². The Bertz CT molecular complexity index is 510. The predicted molar refractivity (Wildman–Crippen MR) is 70.3 cm³/mol. The molecule has 1 aromatic rings. The van der Waals surface area contributed by atoms with Crippen molar-refractivity contribution in [1.82, 2.24) is 0 Å². The van der Waals surface area contributed by atoms with Gasteiger partial charge in [-0.2, -0.15) is 8.78 Å². The zero-order valence-corrected chi connectivity index (χ0v) is 11.3. The van der Waals surface area contributed by atoms with Crippen LogP contribution in [0.4, 0.5) is 20.2 Å². The molecule has 1 aliphatic rings. The van der Waals surface area contributed by atoms with Gasteiger partial charge in [-0.15, -0.1) is 0 Å². The van der Waals surface area contributed by atoms with Gasteiger partial charge in [0.15, 0.2) is 0 Å². The molecule has 5 nitrogen and oxygen atoms in total. The zero-order chi connectivity index (χ0) is 14.9. The van der Waals surface area contributed by atoms with E-state index in [1.807, 2.05) is 11.8 Å². The summed E-state index contributed by atoms with van der Waals surface area (Å²) >= 11 is 0. The molecule has 2 atom stereocenters. The van der Waals surface area contributed by atoms with Crippen LogP contribution in [0.2, 0.25) is 0 Å². The van der Waals surface area contributed by atoms with E-state index in [9.17, 15) is 18.9 Å². The Morgan fingerprint density at radius 2 is 2.15 bits per heavy atom. The SMILES string of the molecule is CC1CCN(c2ccc([N+](=O)[O-])c(OC(F)F)c2)C1C. The summed E-state index contributed by atoms with van der Waals surface area (Å²) in [5.41, 5.74) is 0.219. The molecule has 1 aliphatic heterocycles. The summed E-state index contributed by atoms with van der Waals surface area (Å²) in [6, 6.07) is 4.36. The predicted octanol–water partition coefficient (Wildman–Crippen LogP) is 3.43. The second kappa shape index (κ2) is 5.60. The first-order chi connectivity index (χ1) is 9.40. The van der Waals surface area contributed by atoms with Gasteiger partial charge in [-0.3, -0.25) is 10.1 Å². The van der Waals surface area contributed by atoms with Crippen LogP contribution in [0.1, 0.15) is 20.3 Å².